The molecule has 0 bridgehead atoms. The number of carbonyl (C=O) groups excluding carboxylic acids is 2. The number of nitrogens with one attached hydrogen (secondary N) is 1. The van der Waals surface area contributed by atoms with E-state index in [0.717, 1.165) is 19.3 Å². The number of ether oxygens (including phenoxy) is 1. The second-order valence-corrected chi connectivity index (χ2v) is 8.26. The van der Waals surface area contributed by atoms with Gasteiger partial charge in [0.15, 0.2) is 0 Å². The third-order valence-corrected chi connectivity index (χ3v) is 6.16. The van der Waals surface area contributed by atoms with Crippen molar-refractivity contribution in [3.05, 3.63) is 28.8 Å². The van der Waals surface area contributed by atoms with Crippen LogP contribution in [0.3, 0.4) is 0 Å². The van der Waals surface area contributed by atoms with Gasteiger partial charge >= 0.3 is 5.97 Å². The molecule has 1 saturated heterocycles. The number of amides is 1. The van der Waals surface area contributed by atoms with Crippen molar-refractivity contribution in [1.29, 1.82) is 0 Å². The second-order valence-electron chi connectivity index (χ2n) is 5.76. The SMILES string of the molecule is COC(=O)c1ccc(Cl)c(NC(=O)CCS(=O)(=O)N2CCCCC2)c1. The van der Waals surface area contributed by atoms with Crippen molar-refractivity contribution < 1.29 is 22.7 Å². The number of carbonyl (C=O) groups is 2. The fourth-order valence-electron chi connectivity index (χ4n) is 2.57. The molecular formula is C16H21ClN2O5S. The first-order chi connectivity index (χ1) is 11.8. The monoisotopic (exact) mass is 388 g/mol. The number of methoxy groups -OCH3 is 1. The van der Waals surface area contributed by atoms with Crippen molar-refractivity contribution in [2.75, 3.05) is 31.3 Å². The van der Waals surface area contributed by atoms with Gasteiger partial charge in [-0.1, -0.05) is 18.0 Å². The lowest BCUT2D eigenvalue weighted by atomic mass is 10.2. The number of rotatable bonds is 6. The van der Waals surface area contributed by atoms with Crippen LogP contribution < -0.4 is 5.32 Å². The van der Waals surface area contributed by atoms with E-state index in [4.69, 9.17) is 11.6 Å². The van der Waals surface area contributed by atoms with E-state index in [2.05, 4.69) is 10.1 Å². The average Bonchev–Trinajstić information content (AvgIpc) is 2.62. The highest BCUT2D eigenvalue weighted by atomic mass is 35.5. The van der Waals surface area contributed by atoms with E-state index in [-0.39, 0.29) is 28.4 Å². The first-order valence-corrected chi connectivity index (χ1v) is 9.98. The molecule has 0 unspecified atom stereocenters. The highest BCUT2D eigenvalue weighted by molar-refractivity contribution is 7.89. The van der Waals surface area contributed by atoms with Crippen LogP contribution in [0.1, 0.15) is 36.0 Å². The summed E-state index contributed by atoms with van der Waals surface area (Å²) in [5.41, 5.74) is 0.480. The Hall–Kier alpha value is -1.64. The first kappa shape index (κ1) is 19.7. The van der Waals surface area contributed by atoms with Gasteiger partial charge in [0.05, 0.1) is 29.1 Å². The molecule has 1 aliphatic rings. The Labute approximate surface area is 152 Å². The Morgan fingerprint density at radius 2 is 1.92 bits per heavy atom. The van der Waals surface area contributed by atoms with Gasteiger partial charge in [-0.3, -0.25) is 4.79 Å². The van der Waals surface area contributed by atoms with Crippen molar-refractivity contribution in [3.63, 3.8) is 0 Å². The number of hydrogen-bond acceptors (Lipinski definition) is 5. The zero-order valence-corrected chi connectivity index (χ0v) is 15.5. The normalized spacial score (nSPS) is 15.6. The number of nitrogens with zero attached hydrogens (tertiary/aromatic N) is 1. The van der Waals surface area contributed by atoms with Crippen LogP contribution in [0.15, 0.2) is 18.2 Å². The first-order valence-electron chi connectivity index (χ1n) is 7.99. The lowest BCUT2D eigenvalue weighted by Crippen LogP contribution is -2.37. The van der Waals surface area contributed by atoms with Gasteiger partial charge in [-0.25, -0.2) is 17.5 Å². The zero-order valence-electron chi connectivity index (χ0n) is 14.0. The number of anilines is 1. The van der Waals surface area contributed by atoms with Crippen LogP contribution >= 0.6 is 11.6 Å². The molecule has 1 fully saturated rings. The Morgan fingerprint density at radius 1 is 1.24 bits per heavy atom. The molecule has 0 atom stereocenters. The zero-order chi connectivity index (χ0) is 18.4. The molecule has 9 heteroatoms. The van der Waals surface area contributed by atoms with Gasteiger partial charge in [-0.15, -0.1) is 0 Å². The van der Waals surface area contributed by atoms with Crippen molar-refractivity contribution in [2.45, 2.75) is 25.7 Å². The van der Waals surface area contributed by atoms with Crippen molar-refractivity contribution in [2.24, 2.45) is 0 Å². The van der Waals surface area contributed by atoms with Crippen molar-refractivity contribution >= 4 is 39.2 Å². The third-order valence-electron chi connectivity index (χ3n) is 3.96. The van der Waals surface area contributed by atoms with Crippen LogP contribution in [0.4, 0.5) is 5.69 Å². The van der Waals surface area contributed by atoms with Gasteiger partial charge < -0.3 is 10.1 Å². The lowest BCUT2D eigenvalue weighted by molar-refractivity contribution is -0.115. The largest absolute Gasteiger partial charge is 0.465 e. The van der Waals surface area contributed by atoms with E-state index < -0.39 is 21.9 Å². The van der Waals surface area contributed by atoms with E-state index in [1.165, 1.54) is 29.6 Å². The molecule has 138 valence electrons. The Kier molecular flexibility index (Phi) is 6.80. The molecule has 0 aromatic heterocycles. The minimum atomic E-state index is -3.44. The summed E-state index contributed by atoms with van der Waals surface area (Å²) < 4.78 is 30.6. The lowest BCUT2D eigenvalue weighted by Gasteiger charge is -2.25. The number of benzene rings is 1. The van der Waals surface area contributed by atoms with Crippen molar-refractivity contribution in [3.8, 4) is 0 Å². The quantitative estimate of drug-likeness (QED) is 0.754. The van der Waals surface area contributed by atoms with Crippen LogP contribution in [-0.4, -0.2) is 50.6 Å². The summed E-state index contributed by atoms with van der Waals surface area (Å²) in [7, 11) is -2.19. The fraction of sp³-hybridized carbons (Fsp3) is 0.500. The number of halogens is 1. The molecule has 0 spiro atoms. The predicted molar refractivity (Wildman–Crippen MR) is 95.2 cm³/mol. The van der Waals surface area contributed by atoms with Crippen LogP contribution in [0.5, 0.6) is 0 Å². The Balaban J connectivity index is 1.97. The smallest absolute Gasteiger partial charge is 0.337 e. The molecule has 1 heterocycles. The maximum Gasteiger partial charge on any atom is 0.337 e. The Morgan fingerprint density at radius 3 is 2.56 bits per heavy atom. The van der Waals surface area contributed by atoms with E-state index in [1.54, 1.807) is 0 Å². The topological polar surface area (TPSA) is 92.8 Å². The third kappa shape index (κ3) is 5.42. The minimum absolute atomic E-state index is 0.183. The molecule has 0 saturated carbocycles. The molecular weight excluding hydrogens is 368 g/mol. The summed E-state index contributed by atoms with van der Waals surface area (Å²) in [6.07, 6.45) is 2.54. The summed E-state index contributed by atoms with van der Waals surface area (Å²) in [5.74, 6) is -1.29. The van der Waals surface area contributed by atoms with Crippen molar-refractivity contribution in [1.82, 2.24) is 4.31 Å². The fourth-order valence-corrected chi connectivity index (χ4v) is 4.25. The van der Waals surface area contributed by atoms with E-state index in [9.17, 15) is 18.0 Å². The molecule has 1 aromatic rings. The number of hydrogen-bond donors (Lipinski definition) is 1. The van der Waals surface area contributed by atoms with Gasteiger partial charge in [-0.05, 0) is 31.0 Å². The average molecular weight is 389 g/mol. The maximum atomic E-state index is 12.3. The number of sulfonamides is 1. The molecule has 1 amide bonds. The molecule has 2 rings (SSSR count). The van der Waals surface area contributed by atoms with Crippen LogP contribution in [-0.2, 0) is 19.6 Å². The van der Waals surface area contributed by atoms with Crippen LogP contribution in [0.25, 0.3) is 0 Å². The predicted octanol–water partition coefficient (Wildman–Crippen LogP) is 2.27. The highest BCUT2D eigenvalue weighted by Crippen LogP contribution is 2.24. The van der Waals surface area contributed by atoms with Gasteiger partial charge in [0.25, 0.3) is 0 Å². The van der Waals surface area contributed by atoms with E-state index in [0.29, 0.717) is 13.1 Å². The number of esters is 1. The summed E-state index contributed by atoms with van der Waals surface area (Å²) in [4.78, 5) is 23.6. The highest BCUT2D eigenvalue weighted by Gasteiger charge is 2.24. The maximum absolute atomic E-state index is 12.3. The summed E-state index contributed by atoms with van der Waals surface area (Å²) in [5, 5.41) is 2.79. The summed E-state index contributed by atoms with van der Waals surface area (Å²) >= 11 is 6.01. The Bertz CT molecular complexity index is 745. The second kappa shape index (κ2) is 8.64. The molecule has 1 aliphatic heterocycles. The molecule has 7 nitrogen and oxygen atoms in total. The van der Waals surface area contributed by atoms with Gasteiger partial charge in [-0.2, -0.15) is 0 Å². The molecule has 0 radical (unpaired) electrons. The molecule has 25 heavy (non-hydrogen) atoms. The van der Waals surface area contributed by atoms with Crippen LogP contribution in [0.2, 0.25) is 5.02 Å². The molecule has 1 aromatic carbocycles. The van der Waals surface area contributed by atoms with Gasteiger partial charge in [0.1, 0.15) is 0 Å². The molecule has 1 N–H and O–H groups in total. The van der Waals surface area contributed by atoms with Gasteiger partial charge in [0.2, 0.25) is 15.9 Å². The number of piperidine rings is 1. The summed E-state index contributed by atoms with van der Waals surface area (Å²) in [6.45, 7) is 1.02. The minimum Gasteiger partial charge on any atom is -0.465 e. The van der Waals surface area contributed by atoms with Crippen LogP contribution in [0, 0.1) is 0 Å². The molecule has 0 aliphatic carbocycles. The van der Waals surface area contributed by atoms with Gasteiger partial charge in [0, 0.05) is 19.5 Å². The van der Waals surface area contributed by atoms with E-state index >= 15 is 0 Å². The summed E-state index contributed by atoms with van der Waals surface area (Å²) in [6, 6.07) is 4.34. The standard InChI is InChI=1S/C16H21ClN2O5S/c1-24-16(21)12-5-6-13(17)14(11-12)18-15(20)7-10-25(22,23)19-8-3-2-4-9-19/h5-6,11H,2-4,7-10H2,1H3,(H,18,20). The van der Waals surface area contributed by atoms with E-state index in [1.807, 2.05) is 0 Å².